The van der Waals surface area contributed by atoms with Crippen LogP contribution in [0.25, 0.3) is 0 Å². The zero-order valence-corrected chi connectivity index (χ0v) is 9.88. The first-order chi connectivity index (χ1) is 9.06. The minimum absolute atomic E-state index is 0.0499. The molecule has 0 radical (unpaired) electrons. The second-order valence-corrected chi connectivity index (χ2v) is 3.84. The number of aliphatic carboxylic acids is 1. The summed E-state index contributed by atoms with van der Waals surface area (Å²) in [5, 5.41) is 11.5. The standard InChI is InChI=1S/C12H12N4O3/c13-10-8(6-9(17)18)11(19)16-12(15-10)14-7-4-2-1-3-5-7/h1-5H,6H2,(H,17,18)(H4,13,14,15,16,19). The minimum Gasteiger partial charge on any atom is -0.481 e. The average molecular weight is 260 g/mol. The monoisotopic (exact) mass is 260 g/mol. The summed E-state index contributed by atoms with van der Waals surface area (Å²) in [5.74, 6) is -1.06. The molecule has 1 aromatic heterocycles. The van der Waals surface area contributed by atoms with Crippen molar-refractivity contribution in [2.45, 2.75) is 6.42 Å². The number of hydrogen-bond acceptors (Lipinski definition) is 5. The summed E-state index contributed by atoms with van der Waals surface area (Å²) in [7, 11) is 0. The number of aromatic amines is 1. The molecule has 1 aromatic carbocycles. The van der Waals surface area contributed by atoms with E-state index < -0.39 is 17.9 Å². The predicted molar refractivity (Wildman–Crippen MR) is 70.3 cm³/mol. The Hall–Kier alpha value is -2.83. The molecule has 2 aromatic rings. The highest BCUT2D eigenvalue weighted by Crippen LogP contribution is 2.13. The van der Waals surface area contributed by atoms with Crippen LogP contribution in [-0.4, -0.2) is 21.0 Å². The van der Waals surface area contributed by atoms with E-state index in [-0.39, 0.29) is 17.3 Å². The lowest BCUT2D eigenvalue weighted by molar-refractivity contribution is -0.136. The second kappa shape index (κ2) is 5.21. The van der Waals surface area contributed by atoms with Gasteiger partial charge in [0, 0.05) is 5.69 Å². The van der Waals surface area contributed by atoms with Crippen molar-refractivity contribution in [2.24, 2.45) is 0 Å². The first-order valence-corrected chi connectivity index (χ1v) is 5.49. The van der Waals surface area contributed by atoms with Crippen LogP contribution in [0.4, 0.5) is 17.5 Å². The molecule has 98 valence electrons. The fourth-order valence-corrected chi connectivity index (χ4v) is 1.55. The van der Waals surface area contributed by atoms with E-state index >= 15 is 0 Å². The summed E-state index contributed by atoms with van der Waals surface area (Å²) < 4.78 is 0. The maximum absolute atomic E-state index is 11.7. The van der Waals surface area contributed by atoms with Crippen LogP contribution in [0.3, 0.4) is 0 Å². The zero-order valence-electron chi connectivity index (χ0n) is 9.88. The number of para-hydroxylation sites is 1. The number of carboxylic acids is 1. The SMILES string of the molecule is Nc1nc(Nc2ccccc2)[nH]c(=O)c1CC(=O)O. The molecule has 0 unspecified atom stereocenters. The van der Waals surface area contributed by atoms with Gasteiger partial charge < -0.3 is 16.2 Å². The lowest BCUT2D eigenvalue weighted by Gasteiger charge is -2.07. The van der Waals surface area contributed by atoms with E-state index in [2.05, 4.69) is 15.3 Å². The summed E-state index contributed by atoms with van der Waals surface area (Å²) in [6, 6.07) is 9.08. The van der Waals surface area contributed by atoms with Crippen LogP contribution in [0.5, 0.6) is 0 Å². The lowest BCUT2D eigenvalue weighted by Crippen LogP contribution is -2.21. The maximum Gasteiger partial charge on any atom is 0.308 e. The van der Waals surface area contributed by atoms with Gasteiger partial charge in [-0.15, -0.1) is 0 Å². The molecule has 7 nitrogen and oxygen atoms in total. The van der Waals surface area contributed by atoms with Gasteiger partial charge in [0.25, 0.3) is 5.56 Å². The summed E-state index contributed by atoms with van der Waals surface area (Å²) in [6.07, 6.45) is -0.459. The van der Waals surface area contributed by atoms with Gasteiger partial charge in [-0.1, -0.05) is 18.2 Å². The highest BCUT2D eigenvalue weighted by atomic mass is 16.4. The van der Waals surface area contributed by atoms with Crippen LogP contribution in [0.2, 0.25) is 0 Å². The quantitative estimate of drug-likeness (QED) is 0.642. The van der Waals surface area contributed by atoms with Crippen molar-refractivity contribution in [2.75, 3.05) is 11.1 Å². The number of carbonyl (C=O) groups is 1. The molecule has 0 atom stereocenters. The number of rotatable bonds is 4. The van der Waals surface area contributed by atoms with Crippen LogP contribution in [0.15, 0.2) is 35.1 Å². The molecule has 0 aliphatic rings. The van der Waals surface area contributed by atoms with Gasteiger partial charge in [0.2, 0.25) is 5.95 Å². The summed E-state index contributed by atoms with van der Waals surface area (Å²) in [5.41, 5.74) is 5.71. The Bertz CT molecular complexity index is 652. The Kier molecular flexibility index (Phi) is 3.46. The van der Waals surface area contributed by atoms with Crippen molar-refractivity contribution in [3.63, 3.8) is 0 Å². The Morgan fingerprint density at radius 3 is 2.63 bits per heavy atom. The maximum atomic E-state index is 11.7. The second-order valence-electron chi connectivity index (χ2n) is 3.84. The van der Waals surface area contributed by atoms with Gasteiger partial charge in [0.1, 0.15) is 5.82 Å². The minimum atomic E-state index is -1.14. The molecule has 0 bridgehead atoms. The molecule has 0 spiro atoms. The first kappa shape index (κ1) is 12.6. The van der Waals surface area contributed by atoms with Crippen molar-refractivity contribution in [3.05, 3.63) is 46.2 Å². The number of carboxylic acid groups (broad SMARTS) is 1. The van der Waals surface area contributed by atoms with Gasteiger partial charge in [-0.25, -0.2) is 0 Å². The third kappa shape index (κ3) is 3.09. The number of hydrogen-bond donors (Lipinski definition) is 4. The number of nitrogen functional groups attached to an aromatic ring is 1. The van der Waals surface area contributed by atoms with E-state index in [0.717, 1.165) is 5.69 Å². The fraction of sp³-hybridized carbons (Fsp3) is 0.0833. The van der Waals surface area contributed by atoms with Crippen LogP contribution < -0.4 is 16.6 Å². The smallest absolute Gasteiger partial charge is 0.308 e. The molecule has 5 N–H and O–H groups in total. The van der Waals surface area contributed by atoms with E-state index in [9.17, 15) is 9.59 Å². The van der Waals surface area contributed by atoms with Crippen molar-refractivity contribution >= 4 is 23.4 Å². The fourth-order valence-electron chi connectivity index (χ4n) is 1.55. The van der Waals surface area contributed by atoms with Crippen LogP contribution in [-0.2, 0) is 11.2 Å². The number of nitrogens with zero attached hydrogens (tertiary/aromatic N) is 1. The van der Waals surface area contributed by atoms with Gasteiger partial charge in [-0.3, -0.25) is 14.6 Å². The van der Waals surface area contributed by atoms with Crippen LogP contribution in [0, 0.1) is 0 Å². The van der Waals surface area contributed by atoms with Crippen molar-refractivity contribution in [1.29, 1.82) is 0 Å². The number of H-pyrrole nitrogens is 1. The van der Waals surface area contributed by atoms with E-state index in [1.807, 2.05) is 18.2 Å². The molecule has 0 saturated heterocycles. The average Bonchev–Trinajstić information content (AvgIpc) is 2.35. The van der Waals surface area contributed by atoms with E-state index in [1.54, 1.807) is 12.1 Å². The Balaban J connectivity index is 2.30. The summed E-state index contributed by atoms with van der Waals surface area (Å²) in [4.78, 5) is 28.7. The summed E-state index contributed by atoms with van der Waals surface area (Å²) in [6.45, 7) is 0. The molecule has 1 heterocycles. The molecule has 2 rings (SSSR count). The van der Waals surface area contributed by atoms with Gasteiger partial charge in [-0.2, -0.15) is 4.98 Å². The molecule has 0 saturated carbocycles. The lowest BCUT2D eigenvalue weighted by atomic mass is 10.2. The molecule has 0 amide bonds. The van der Waals surface area contributed by atoms with Gasteiger partial charge >= 0.3 is 5.97 Å². The van der Waals surface area contributed by atoms with Crippen LogP contribution in [0.1, 0.15) is 5.56 Å². The highest BCUT2D eigenvalue weighted by Gasteiger charge is 2.12. The Labute approximate surface area is 108 Å². The van der Waals surface area contributed by atoms with Crippen LogP contribution >= 0.6 is 0 Å². The number of nitrogens with two attached hydrogens (primary N) is 1. The van der Waals surface area contributed by atoms with E-state index in [0.29, 0.717) is 0 Å². The number of aromatic nitrogens is 2. The number of anilines is 3. The summed E-state index contributed by atoms with van der Waals surface area (Å²) >= 11 is 0. The van der Waals surface area contributed by atoms with Gasteiger partial charge in [0.15, 0.2) is 0 Å². The normalized spacial score (nSPS) is 10.1. The van der Waals surface area contributed by atoms with Gasteiger partial charge in [-0.05, 0) is 12.1 Å². The van der Waals surface area contributed by atoms with E-state index in [4.69, 9.17) is 10.8 Å². The third-order valence-corrected chi connectivity index (χ3v) is 2.41. The van der Waals surface area contributed by atoms with E-state index in [1.165, 1.54) is 0 Å². The topological polar surface area (TPSA) is 121 Å². The largest absolute Gasteiger partial charge is 0.481 e. The molecule has 7 heteroatoms. The molecule has 0 aliphatic carbocycles. The Morgan fingerprint density at radius 1 is 1.37 bits per heavy atom. The number of benzene rings is 1. The van der Waals surface area contributed by atoms with Crippen molar-refractivity contribution in [1.82, 2.24) is 9.97 Å². The molecule has 0 fully saturated rings. The first-order valence-electron chi connectivity index (χ1n) is 5.49. The third-order valence-electron chi connectivity index (χ3n) is 2.41. The Morgan fingerprint density at radius 2 is 2.05 bits per heavy atom. The van der Waals surface area contributed by atoms with Crippen molar-refractivity contribution < 1.29 is 9.90 Å². The highest BCUT2D eigenvalue weighted by molar-refractivity contribution is 5.72. The van der Waals surface area contributed by atoms with Gasteiger partial charge in [0.05, 0.1) is 12.0 Å². The molecular formula is C12H12N4O3. The predicted octanol–water partition coefficient (Wildman–Crippen LogP) is 0.723. The molecule has 19 heavy (non-hydrogen) atoms. The van der Waals surface area contributed by atoms with Crippen molar-refractivity contribution in [3.8, 4) is 0 Å². The molecular weight excluding hydrogens is 248 g/mol. The molecule has 0 aliphatic heterocycles. The number of nitrogens with one attached hydrogen (secondary N) is 2. The zero-order chi connectivity index (χ0) is 13.8.